The number of para-hydroxylation sites is 4. The number of pyridine rings is 2. The Kier molecular flexibility index (Phi) is 11.4. The minimum atomic E-state index is 0. The van der Waals surface area contributed by atoms with E-state index in [0.717, 1.165) is 61.5 Å². The molecule has 0 saturated heterocycles. The van der Waals surface area contributed by atoms with Crippen molar-refractivity contribution in [1.29, 1.82) is 0 Å². The second-order valence-corrected chi connectivity index (χ2v) is 17.6. The zero-order valence-electron chi connectivity index (χ0n) is 38.4. The van der Waals surface area contributed by atoms with Gasteiger partial charge in [0.1, 0.15) is 0 Å². The smallest absolute Gasteiger partial charge is 0.0541 e. The standard InChI is InChI=1S/C51H32N3.C15H10N.Ir/c1-2-18-42-34(13-1)27-28-52-51(42)38-17-12-15-36(30-38)35-14-11-16-37(29-35)39-31-40(53-47-23-7-3-19-43(47)44-20-4-8-24-48(44)53)33-41(32-39)54-49-25-9-5-21-45(49)46-22-6-10-26-50(46)54;1-2-7-13(8-3-1)15-14-9-5-4-6-12(14)10-11-16-15;/h1-16,18-33H;1-7,9-11H;/q2*-1;. The largest absolute Gasteiger partial charge is 0.309 e. The van der Waals surface area contributed by atoms with Crippen LogP contribution in [0.4, 0.5) is 0 Å². The summed E-state index contributed by atoms with van der Waals surface area (Å²) in [6.45, 7) is 0. The molecule has 1 radical (unpaired) electrons. The van der Waals surface area contributed by atoms with Crippen LogP contribution < -0.4 is 0 Å². The van der Waals surface area contributed by atoms with Gasteiger partial charge in [0.25, 0.3) is 0 Å². The van der Waals surface area contributed by atoms with E-state index in [1.165, 1.54) is 59.8 Å². The van der Waals surface area contributed by atoms with E-state index in [-0.39, 0.29) is 20.1 Å². The van der Waals surface area contributed by atoms with Crippen molar-refractivity contribution >= 4 is 65.2 Å². The number of nitrogens with zero attached hydrogens (tertiary/aromatic N) is 4. The maximum Gasteiger partial charge on any atom is 0.0541 e. The molecular weight excluding hydrogens is 1040 g/mol. The second-order valence-electron chi connectivity index (χ2n) is 17.6. The van der Waals surface area contributed by atoms with E-state index in [1.807, 2.05) is 60.9 Å². The van der Waals surface area contributed by atoms with Crippen molar-refractivity contribution in [2.45, 2.75) is 0 Å². The number of benzene rings is 10. The maximum absolute atomic E-state index is 4.80. The average Bonchev–Trinajstić information content (AvgIpc) is 3.96. The first-order valence-corrected chi connectivity index (χ1v) is 23.6. The first kappa shape index (κ1) is 43.5. The third-order valence-corrected chi connectivity index (χ3v) is 13.5. The van der Waals surface area contributed by atoms with Gasteiger partial charge in [-0.25, -0.2) is 0 Å². The Hall–Kier alpha value is -8.73. The van der Waals surface area contributed by atoms with Crippen LogP contribution in [-0.4, -0.2) is 19.1 Å². The maximum atomic E-state index is 4.80. The van der Waals surface area contributed by atoms with Crippen LogP contribution in [0.1, 0.15) is 0 Å². The summed E-state index contributed by atoms with van der Waals surface area (Å²) in [6, 6.07) is 92.7. The summed E-state index contributed by atoms with van der Waals surface area (Å²) in [5.41, 5.74) is 15.5. The molecule has 5 heteroatoms. The summed E-state index contributed by atoms with van der Waals surface area (Å²) in [6.07, 6.45) is 3.73. The van der Waals surface area contributed by atoms with Gasteiger partial charge in [0.2, 0.25) is 0 Å². The molecule has 0 fully saturated rings. The molecule has 0 spiro atoms. The molecule has 14 rings (SSSR count). The van der Waals surface area contributed by atoms with E-state index in [9.17, 15) is 0 Å². The van der Waals surface area contributed by atoms with Gasteiger partial charge in [-0.2, -0.15) is 0 Å². The van der Waals surface area contributed by atoms with Crippen LogP contribution in [0.2, 0.25) is 0 Å². The number of hydrogen-bond donors (Lipinski definition) is 0. The fraction of sp³-hybridized carbons (Fsp3) is 0. The Morgan fingerprint density at radius 1 is 0.296 bits per heavy atom. The van der Waals surface area contributed by atoms with Gasteiger partial charge in [0, 0.05) is 65.4 Å². The summed E-state index contributed by atoms with van der Waals surface area (Å²) in [7, 11) is 0. The minimum Gasteiger partial charge on any atom is -0.309 e. The fourth-order valence-corrected chi connectivity index (χ4v) is 10.3. The number of aromatic nitrogens is 4. The second kappa shape index (κ2) is 18.6. The molecule has 4 aromatic heterocycles. The van der Waals surface area contributed by atoms with Crippen molar-refractivity contribution in [2.75, 3.05) is 0 Å². The molecule has 0 saturated carbocycles. The molecule has 4 heterocycles. The zero-order valence-corrected chi connectivity index (χ0v) is 40.8. The molecule has 0 aliphatic heterocycles. The molecule has 0 unspecified atom stereocenters. The van der Waals surface area contributed by atoms with Gasteiger partial charge >= 0.3 is 0 Å². The van der Waals surface area contributed by atoms with Crippen molar-refractivity contribution in [3.05, 3.63) is 267 Å². The minimum absolute atomic E-state index is 0. The Labute approximate surface area is 425 Å². The van der Waals surface area contributed by atoms with Crippen molar-refractivity contribution < 1.29 is 20.1 Å². The first-order valence-electron chi connectivity index (χ1n) is 23.6. The molecule has 0 amide bonds. The van der Waals surface area contributed by atoms with Crippen LogP contribution in [0.3, 0.4) is 0 Å². The molecule has 337 valence electrons. The van der Waals surface area contributed by atoms with E-state index in [4.69, 9.17) is 4.98 Å². The summed E-state index contributed by atoms with van der Waals surface area (Å²) < 4.78 is 4.85. The topological polar surface area (TPSA) is 35.6 Å². The Balaban J connectivity index is 0.000000258. The van der Waals surface area contributed by atoms with E-state index in [1.54, 1.807) is 0 Å². The molecule has 0 N–H and O–H groups in total. The van der Waals surface area contributed by atoms with Gasteiger partial charge in [-0.3, -0.25) is 0 Å². The van der Waals surface area contributed by atoms with Crippen LogP contribution in [0.5, 0.6) is 0 Å². The van der Waals surface area contributed by atoms with Crippen LogP contribution >= 0.6 is 0 Å². The van der Waals surface area contributed by atoms with E-state index in [0.29, 0.717) is 0 Å². The zero-order chi connectivity index (χ0) is 46.4. The van der Waals surface area contributed by atoms with Gasteiger partial charge in [0.15, 0.2) is 0 Å². The Bertz CT molecular complexity index is 4010. The van der Waals surface area contributed by atoms with Crippen LogP contribution in [-0.2, 0) is 20.1 Å². The predicted molar refractivity (Wildman–Crippen MR) is 292 cm³/mol. The van der Waals surface area contributed by atoms with Crippen molar-refractivity contribution in [1.82, 2.24) is 19.1 Å². The number of fused-ring (bicyclic) bond motifs is 8. The molecule has 0 atom stereocenters. The summed E-state index contributed by atoms with van der Waals surface area (Å²) in [5, 5.41) is 9.67. The third kappa shape index (κ3) is 7.88. The average molecular weight is 1080 g/mol. The Morgan fingerprint density at radius 3 is 1.23 bits per heavy atom. The fourth-order valence-electron chi connectivity index (χ4n) is 10.3. The summed E-state index contributed by atoms with van der Waals surface area (Å²) in [4.78, 5) is 9.24. The molecule has 71 heavy (non-hydrogen) atoms. The molecule has 0 aliphatic carbocycles. The van der Waals surface area contributed by atoms with E-state index in [2.05, 4.69) is 220 Å². The molecule has 4 nitrogen and oxygen atoms in total. The van der Waals surface area contributed by atoms with Crippen LogP contribution in [0.15, 0.2) is 255 Å². The summed E-state index contributed by atoms with van der Waals surface area (Å²) >= 11 is 0. The quantitative estimate of drug-likeness (QED) is 0.156. The molecule has 0 aliphatic rings. The number of hydrogen-bond acceptors (Lipinski definition) is 2. The summed E-state index contributed by atoms with van der Waals surface area (Å²) in [5.74, 6) is 0. The van der Waals surface area contributed by atoms with Crippen LogP contribution in [0, 0.1) is 12.1 Å². The van der Waals surface area contributed by atoms with Crippen molar-refractivity contribution in [2.24, 2.45) is 0 Å². The van der Waals surface area contributed by atoms with Gasteiger partial charge in [-0.15, -0.1) is 71.3 Å². The normalized spacial score (nSPS) is 11.3. The van der Waals surface area contributed by atoms with Gasteiger partial charge in [0.05, 0.1) is 22.1 Å². The molecule has 14 aromatic rings. The molecule has 10 aromatic carbocycles. The van der Waals surface area contributed by atoms with Crippen molar-refractivity contribution in [3.63, 3.8) is 0 Å². The van der Waals surface area contributed by atoms with E-state index < -0.39 is 0 Å². The predicted octanol–water partition coefficient (Wildman–Crippen LogP) is 16.9. The third-order valence-electron chi connectivity index (χ3n) is 13.5. The molecule has 0 bridgehead atoms. The van der Waals surface area contributed by atoms with E-state index >= 15 is 0 Å². The van der Waals surface area contributed by atoms with Crippen LogP contribution in [0.25, 0.3) is 121 Å². The monoisotopic (exact) mass is 1080 g/mol. The SMILES string of the molecule is [Ir].[c-]1ccc(-c2cccc(-c3cc(-n4c5ccccc5c5ccccc54)cc(-n4c5ccccc5c5ccccc54)c3)c2)cc1-c1nccc2ccccc12.[c-]1ccccc1-c1nccc2ccccc12. The van der Waals surface area contributed by atoms with Crippen molar-refractivity contribution in [3.8, 4) is 56.1 Å². The van der Waals surface area contributed by atoms with Gasteiger partial charge in [-0.1, -0.05) is 140 Å². The Morgan fingerprint density at radius 2 is 0.718 bits per heavy atom. The van der Waals surface area contributed by atoms with Gasteiger partial charge < -0.3 is 19.1 Å². The number of rotatable bonds is 6. The first-order chi connectivity index (χ1) is 34.7. The molecular formula is C66H42IrN4-2. The van der Waals surface area contributed by atoms with Gasteiger partial charge in [-0.05, 0) is 110 Å².